The number of nitrogens with two attached hydrogens (primary N) is 1. The smallest absolute Gasteiger partial charge is 0.264 e. The van der Waals surface area contributed by atoms with Gasteiger partial charge in [0.15, 0.2) is 10.3 Å². The lowest BCUT2D eigenvalue weighted by Gasteiger charge is -2.15. The van der Waals surface area contributed by atoms with E-state index in [2.05, 4.69) is 14.7 Å². The molecular weight excluding hydrogens is 335 g/mol. The topological polar surface area (TPSA) is 98.0 Å². The molecule has 0 aliphatic rings. The number of aryl methyl sites for hydroxylation is 1. The molecule has 2 aromatic rings. The minimum Gasteiger partial charge on any atom is -0.398 e. The number of nitrogens with one attached hydrogen (secondary N) is 1. The first-order valence-corrected chi connectivity index (χ1v) is 8.02. The van der Waals surface area contributed by atoms with Crippen LogP contribution in [0.2, 0.25) is 10.3 Å². The van der Waals surface area contributed by atoms with Gasteiger partial charge < -0.3 is 5.73 Å². The SMILES string of the molecule is Cc1ccc(N)c(S(=O)(=O)Nc2c(Cl)ncnc2Cl)c1C. The third kappa shape index (κ3) is 3.04. The average Bonchev–Trinajstić information content (AvgIpc) is 2.39. The molecule has 0 bridgehead atoms. The summed E-state index contributed by atoms with van der Waals surface area (Å²) in [4.78, 5) is 7.37. The van der Waals surface area contributed by atoms with Crippen molar-refractivity contribution in [2.75, 3.05) is 10.5 Å². The van der Waals surface area contributed by atoms with Crippen LogP contribution in [0.5, 0.6) is 0 Å². The maximum atomic E-state index is 12.5. The minimum absolute atomic E-state index is 0.0153. The van der Waals surface area contributed by atoms with Gasteiger partial charge in [-0.15, -0.1) is 0 Å². The molecule has 21 heavy (non-hydrogen) atoms. The molecule has 0 fully saturated rings. The van der Waals surface area contributed by atoms with Crippen molar-refractivity contribution in [3.63, 3.8) is 0 Å². The van der Waals surface area contributed by atoms with Crippen LogP contribution < -0.4 is 10.5 Å². The van der Waals surface area contributed by atoms with Crippen molar-refractivity contribution in [3.8, 4) is 0 Å². The first-order chi connectivity index (χ1) is 9.74. The molecule has 2 rings (SSSR count). The van der Waals surface area contributed by atoms with Crippen molar-refractivity contribution < 1.29 is 8.42 Å². The number of hydrogen-bond acceptors (Lipinski definition) is 5. The molecule has 0 atom stereocenters. The number of anilines is 2. The molecule has 1 aromatic carbocycles. The van der Waals surface area contributed by atoms with E-state index >= 15 is 0 Å². The fourth-order valence-electron chi connectivity index (χ4n) is 1.78. The van der Waals surface area contributed by atoms with Crippen LogP contribution in [0.1, 0.15) is 11.1 Å². The summed E-state index contributed by atoms with van der Waals surface area (Å²) < 4.78 is 27.4. The zero-order valence-electron chi connectivity index (χ0n) is 11.2. The van der Waals surface area contributed by atoms with Gasteiger partial charge in [0.25, 0.3) is 10.0 Å². The van der Waals surface area contributed by atoms with E-state index < -0.39 is 10.0 Å². The summed E-state index contributed by atoms with van der Waals surface area (Å²) in [6.45, 7) is 3.46. The number of nitrogens with zero attached hydrogens (tertiary/aromatic N) is 2. The average molecular weight is 347 g/mol. The van der Waals surface area contributed by atoms with E-state index in [0.29, 0.717) is 5.56 Å². The van der Waals surface area contributed by atoms with Crippen molar-refractivity contribution in [1.82, 2.24) is 9.97 Å². The predicted molar refractivity (Wildman–Crippen MR) is 83.2 cm³/mol. The molecule has 9 heteroatoms. The summed E-state index contributed by atoms with van der Waals surface area (Å²) in [5.74, 6) is 0. The monoisotopic (exact) mass is 346 g/mol. The van der Waals surface area contributed by atoms with Gasteiger partial charge in [-0.2, -0.15) is 0 Å². The molecule has 6 nitrogen and oxygen atoms in total. The summed E-state index contributed by atoms with van der Waals surface area (Å²) in [7, 11) is -3.97. The van der Waals surface area contributed by atoms with E-state index in [4.69, 9.17) is 28.9 Å². The Morgan fingerprint density at radius 1 is 1.14 bits per heavy atom. The van der Waals surface area contributed by atoms with Crippen LogP contribution in [0.4, 0.5) is 11.4 Å². The van der Waals surface area contributed by atoms with Gasteiger partial charge >= 0.3 is 0 Å². The Balaban J connectivity index is 2.57. The van der Waals surface area contributed by atoms with Crippen LogP contribution in [0.25, 0.3) is 0 Å². The molecule has 0 aliphatic carbocycles. The van der Waals surface area contributed by atoms with Crippen molar-refractivity contribution >= 4 is 44.6 Å². The predicted octanol–water partition coefficient (Wildman–Crippen LogP) is 2.78. The highest BCUT2D eigenvalue weighted by Gasteiger charge is 2.24. The van der Waals surface area contributed by atoms with Gasteiger partial charge in [0.05, 0.1) is 5.69 Å². The lowest BCUT2D eigenvalue weighted by Crippen LogP contribution is -2.17. The van der Waals surface area contributed by atoms with Crippen LogP contribution >= 0.6 is 23.2 Å². The Morgan fingerprint density at radius 2 is 1.71 bits per heavy atom. The number of hydrogen-bond donors (Lipinski definition) is 2. The summed E-state index contributed by atoms with van der Waals surface area (Å²) in [5.41, 5.74) is 7.19. The molecule has 1 heterocycles. The first-order valence-electron chi connectivity index (χ1n) is 5.78. The normalized spacial score (nSPS) is 11.4. The van der Waals surface area contributed by atoms with E-state index in [1.165, 1.54) is 6.07 Å². The summed E-state index contributed by atoms with van der Waals surface area (Å²) in [5, 5.41) is -0.190. The number of benzene rings is 1. The second-order valence-electron chi connectivity index (χ2n) is 4.36. The van der Waals surface area contributed by atoms with Crippen LogP contribution in [0.3, 0.4) is 0 Å². The lowest BCUT2D eigenvalue weighted by atomic mass is 10.1. The molecular formula is C12H12Cl2N4O2S. The van der Waals surface area contributed by atoms with E-state index in [9.17, 15) is 8.42 Å². The van der Waals surface area contributed by atoms with Crippen LogP contribution in [0, 0.1) is 13.8 Å². The number of halogens is 2. The fraction of sp³-hybridized carbons (Fsp3) is 0.167. The quantitative estimate of drug-likeness (QED) is 0.657. The molecule has 0 unspecified atom stereocenters. The highest BCUT2D eigenvalue weighted by atomic mass is 35.5. The Morgan fingerprint density at radius 3 is 2.29 bits per heavy atom. The lowest BCUT2D eigenvalue weighted by molar-refractivity contribution is 0.601. The molecule has 0 radical (unpaired) electrons. The largest absolute Gasteiger partial charge is 0.398 e. The summed E-state index contributed by atoms with van der Waals surface area (Å²) in [6.07, 6.45) is 1.13. The zero-order chi connectivity index (χ0) is 15.8. The molecule has 1 aromatic heterocycles. The summed E-state index contributed by atoms with van der Waals surface area (Å²) >= 11 is 11.7. The van der Waals surface area contributed by atoms with Gasteiger partial charge in [0.2, 0.25) is 0 Å². The number of aromatic nitrogens is 2. The number of nitrogen functional groups attached to an aromatic ring is 1. The Labute approximate surface area is 132 Å². The summed E-state index contributed by atoms with van der Waals surface area (Å²) in [6, 6.07) is 3.27. The van der Waals surface area contributed by atoms with Gasteiger partial charge in [-0.25, -0.2) is 18.4 Å². The van der Waals surface area contributed by atoms with Gasteiger partial charge in [-0.3, -0.25) is 4.72 Å². The Hall–Kier alpha value is -1.57. The minimum atomic E-state index is -3.97. The van der Waals surface area contributed by atoms with Crippen molar-refractivity contribution in [2.24, 2.45) is 0 Å². The molecule has 0 spiro atoms. The van der Waals surface area contributed by atoms with Crippen LogP contribution in [-0.4, -0.2) is 18.4 Å². The van der Waals surface area contributed by atoms with Crippen molar-refractivity contribution in [1.29, 1.82) is 0 Å². The number of sulfonamides is 1. The van der Waals surface area contributed by atoms with Crippen LogP contribution in [-0.2, 0) is 10.0 Å². The number of rotatable bonds is 3. The maximum Gasteiger partial charge on any atom is 0.264 e. The fourth-order valence-corrected chi connectivity index (χ4v) is 3.81. The second kappa shape index (κ2) is 5.67. The highest BCUT2D eigenvalue weighted by molar-refractivity contribution is 7.93. The Bertz CT molecular complexity index is 789. The standard InChI is InChI=1S/C12H12Cl2N4O2S/c1-6-3-4-8(15)10(7(6)2)21(19,20)18-9-11(13)16-5-17-12(9)14/h3-5,18H,15H2,1-2H3. The zero-order valence-corrected chi connectivity index (χ0v) is 13.5. The van der Waals surface area contributed by atoms with Gasteiger partial charge in [-0.1, -0.05) is 29.3 Å². The van der Waals surface area contributed by atoms with Crippen molar-refractivity contribution in [2.45, 2.75) is 18.7 Å². The molecule has 0 saturated heterocycles. The Kier molecular flexibility index (Phi) is 4.27. The van der Waals surface area contributed by atoms with Gasteiger partial charge in [0, 0.05) is 0 Å². The molecule has 0 aliphatic heterocycles. The van der Waals surface area contributed by atoms with E-state index in [0.717, 1.165) is 11.9 Å². The first kappa shape index (κ1) is 15.8. The van der Waals surface area contributed by atoms with Crippen LogP contribution in [0.15, 0.2) is 23.4 Å². The molecule has 0 saturated carbocycles. The van der Waals surface area contributed by atoms with E-state index in [-0.39, 0.29) is 26.6 Å². The molecule has 112 valence electrons. The third-order valence-corrected chi connectivity index (χ3v) is 5.09. The van der Waals surface area contributed by atoms with Gasteiger partial charge in [-0.05, 0) is 31.0 Å². The highest BCUT2D eigenvalue weighted by Crippen LogP contribution is 2.31. The second-order valence-corrected chi connectivity index (χ2v) is 6.70. The maximum absolute atomic E-state index is 12.5. The third-order valence-electron chi connectivity index (χ3n) is 2.97. The van der Waals surface area contributed by atoms with Gasteiger partial charge in [0.1, 0.15) is 16.9 Å². The van der Waals surface area contributed by atoms with E-state index in [1.807, 2.05) is 0 Å². The molecule has 0 amide bonds. The van der Waals surface area contributed by atoms with E-state index in [1.54, 1.807) is 19.9 Å². The molecule has 3 N–H and O–H groups in total. The van der Waals surface area contributed by atoms with Crippen molar-refractivity contribution in [3.05, 3.63) is 39.9 Å².